The molecule has 1 heterocycles. The monoisotopic (exact) mass is 170 g/mol. The van der Waals surface area contributed by atoms with Crippen molar-refractivity contribution in [2.45, 2.75) is 19.8 Å². The van der Waals surface area contributed by atoms with Gasteiger partial charge in [-0.2, -0.15) is 0 Å². The lowest BCUT2D eigenvalue weighted by Crippen LogP contribution is -2.18. The normalized spacial score (nSPS) is 9.83. The number of hydroxylamine groups is 1. The molecule has 0 bridgehead atoms. The lowest BCUT2D eigenvalue weighted by Gasteiger charge is -1.87. The van der Waals surface area contributed by atoms with E-state index in [1.54, 1.807) is 0 Å². The number of carbonyl (C=O) groups excluding carboxylic acids is 1. The Morgan fingerprint density at radius 2 is 2.58 bits per heavy atom. The molecule has 0 fully saturated rings. The summed E-state index contributed by atoms with van der Waals surface area (Å²) >= 11 is 0. The molecule has 0 aromatic carbocycles. The molecule has 0 aliphatic heterocycles. The van der Waals surface area contributed by atoms with Gasteiger partial charge in [-0.3, -0.25) is 10.0 Å². The molecule has 0 unspecified atom stereocenters. The van der Waals surface area contributed by atoms with E-state index in [-0.39, 0.29) is 5.69 Å². The zero-order chi connectivity index (χ0) is 8.97. The van der Waals surface area contributed by atoms with Crippen molar-refractivity contribution in [3.8, 4) is 0 Å². The maximum atomic E-state index is 10.7. The number of nitrogens with zero attached hydrogens (tertiary/aromatic N) is 1. The van der Waals surface area contributed by atoms with Crippen LogP contribution in [-0.4, -0.2) is 16.3 Å². The van der Waals surface area contributed by atoms with E-state index in [2.05, 4.69) is 5.16 Å². The van der Waals surface area contributed by atoms with E-state index in [1.165, 1.54) is 11.5 Å². The fraction of sp³-hybridized carbons (Fsp3) is 0.429. The summed E-state index contributed by atoms with van der Waals surface area (Å²) in [4.78, 5) is 10.7. The minimum Gasteiger partial charge on any atom is -0.361 e. The Labute approximate surface area is 69.3 Å². The molecule has 66 valence electrons. The van der Waals surface area contributed by atoms with E-state index in [0.717, 1.165) is 12.8 Å². The minimum atomic E-state index is -0.652. The van der Waals surface area contributed by atoms with Gasteiger partial charge in [-0.25, -0.2) is 5.48 Å². The molecule has 0 aliphatic carbocycles. The van der Waals surface area contributed by atoms with Crippen LogP contribution in [0, 0.1) is 0 Å². The summed E-state index contributed by atoms with van der Waals surface area (Å²) in [7, 11) is 0. The SMILES string of the molecule is CCCc1cc(C(=O)NO)no1. The van der Waals surface area contributed by atoms with Gasteiger partial charge < -0.3 is 4.52 Å². The molecule has 0 saturated carbocycles. The van der Waals surface area contributed by atoms with Gasteiger partial charge >= 0.3 is 0 Å². The van der Waals surface area contributed by atoms with E-state index in [0.29, 0.717) is 5.76 Å². The second-order valence-corrected chi connectivity index (χ2v) is 2.37. The molecular weight excluding hydrogens is 160 g/mol. The molecule has 2 N–H and O–H groups in total. The summed E-state index contributed by atoms with van der Waals surface area (Å²) in [6, 6.07) is 1.51. The van der Waals surface area contributed by atoms with Gasteiger partial charge in [-0.05, 0) is 6.42 Å². The van der Waals surface area contributed by atoms with Crippen molar-refractivity contribution in [3.63, 3.8) is 0 Å². The highest BCUT2D eigenvalue weighted by Crippen LogP contribution is 2.05. The van der Waals surface area contributed by atoms with E-state index in [4.69, 9.17) is 9.73 Å². The highest BCUT2D eigenvalue weighted by Gasteiger charge is 2.10. The van der Waals surface area contributed by atoms with Gasteiger partial charge in [-0.15, -0.1) is 0 Å². The van der Waals surface area contributed by atoms with Gasteiger partial charge in [0, 0.05) is 12.5 Å². The van der Waals surface area contributed by atoms with E-state index < -0.39 is 5.91 Å². The first-order valence-electron chi connectivity index (χ1n) is 3.68. The van der Waals surface area contributed by atoms with E-state index in [9.17, 15) is 4.79 Å². The van der Waals surface area contributed by atoms with Gasteiger partial charge in [0.1, 0.15) is 5.76 Å². The third kappa shape index (κ3) is 1.82. The van der Waals surface area contributed by atoms with Crippen LogP contribution in [0.1, 0.15) is 29.6 Å². The van der Waals surface area contributed by atoms with Crippen molar-refractivity contribution >= 4 is 5.91 Å². The van der Waals surface area contributed by atoms with Gasteiger partial charge in [-0.1, -0.05) is 12.1 Å². The molecule has 0 atom stereocenters. The first-order valence-corrected chi connectivity index (χ1v) is 3.68. The first-order chi connectivity index (χ1) is 5.77. The van der Waals surface area contributed by atoms with E-state index in [1.807, 2.05) is 6.92 Å². The number of aryl methyl sites for hydroxylation is 1. The second kappa shape index (κ2) is 3.87. The molecular formula is C7H10N2O3. The van der Waals surface area contributed by atoms with Gasteiger partial charge in [0.2, 0.25) is 0 Å². The van der Waals surface area contributed by atoms with Crippen LogP contribution in [-0.2, 0) is 6.42 Å². The number of amides is 1. The third-order valence-corrected chi connectivity index (χ3v) is 1.39. The van der Waals surface area contributed by atoms with Crippen LogP contribution in [0.5, 0.6) is 0 Å². The van der Waals surface area contributed by atoms with Crippen molar-refractivity contribution in [1.29, 1.82) is 0 Å². The summed E-state index contributed by atoms with van der Waals surface area (Å²) in [5.41, 5.74) is 1.57. The molecule has 1 aromatic heterocycles. The molecule has 5 heteroatoms. The van der Waals surface area contributed by atoms with Gasteiger partial charge in [0.15, 0.2) is 5.69 Å². The Morgan fingerprint density at radius 3 is 3.17 bits per heavy atom. The Balaban J connectivity index is 2.70. The zero-order valence-corrected chi connectivity index (χ0v) is 6.70. The third-order valence-electron chi connectivity index (χ3n) is 1.39. The fourth-order valence-corrected chi connectivity index (χ4v) is 0.841. The molecule has 1 amide bonds. The standard InChI is InChI=1S/C7H10N2O3/c1-2-3-5-4-6(9-12-5)7(10)8-11/h4,11H,2-3H2,1H3,(H,8,10). The summed E-state index contributed by atoms with van der Waals surface area (Å²) in [5, 5.41) is 11.7. The highest BCUT2D eigenvalue weighted by atomic mass is 16.5. The Hall–Kier alpha value is -1.36. The molecule has 0 aliphatic rings. The first kappa shape index (κ1) is 8.73. The predicted molar refractivity (Wildman–Crippen MR) is 39.8 cm³/mol. The lowest BCUT2D eigenvalue weighted by atomic mass is 10.2. The fourth-order valence-electron chi connectivity index (χ4n) is 0.841. The van der Waals surface area contributed by atoms with Crippen molar-refractivity contribution in [1.82, 2.24) is 10.6 Å². The second-order valence-electron chi connectivity index (χ2n) is 2.37. The van der Waals surface area contributed by atoms with Crippen molar-refractivity contribution in [2.75, 3.05) is 0 Å². The summed E-state index contributed by atoms with van der Waals surface area (Å²) in [6.07, 6.45) is 1.67. The number of hydrogen-bond donors (Lipinski definition) is 2. The lowest BCUT2D eigenvalue weighted by molar-refractivity contribution is 0.0696. The molecule has 0 radical (unpaired) electrons. The van der Waals surface area contributed by atoms with Crippen LogP contribution in [0.15, 0.2) is 10.6 Å². The molecule has 12 heavy (non-hydrogen) atoms. The van der Waals surface area contributed by atoms with Crippen LogP contribution < -0.4 is 5.48 Å². The highest BCUT2D eigenvalue weighted by molar-refractivity contribution is 5.91. The summed E-state index contributed by atoms with van der Waals surface area (Å²) < 4.78 is 4.81. The number of aromatic nitrogens is 1. The Morgan fingerprint density at radius 1 is 1.83 bits per heavy atom. The van der Waals surface area contributed by atoms with Gasteiger partial charge in [0.25, 0.3) is 5.91 Å². The average molecular weight is 170 g/mol. The molecule has 0 spiro atoms. The minimum absolute atomic E-state index is 0.0981. The summed E-state index contributed by atoms with van der Waals surface area (Å²) in [5.74, 6) is -0.00259. The average Bonchev–Trinajstić information content (AvgIpc) is 2.52. The van der Waals surface area contributed by atoms with Crippen molar-refractivity contribution in [2.24, 2.45) is 0 Å². The van der Waals surface area contributed by atoms with Crippen LogP contribution in [0.3, 0.4) is 0 Å². The largest absolute Gasteiger partial charge is 0.361 e. The Bertz CT molecular complexity index is 269. The summed E-state index contributed by atoms with van der Waals surface area (Å²) in [6.45, 7) is 1.99. The van der Waals surface area contributed by atoms with E-state index >= 15 is 0 Å². The van der Waals surface area contributed by atoms with Crippen molar-refractivity contribution in [3.05, 3.63) is 17.5 Å². The topological polar surface area (TPSA) is 75.4 Å². The number of hydrogen-bond acceptors (Lipinski definition) is 4. The Kier molecular flexibility index (Phi) is 2.82. The van der Waals surface area contributed by atoms with Crippen LogP contribution in [0.25, 0.3) is 0 Å². The molecule has 0 saturated heterocycles. The van der Waals surface area contributed by atoms with Gasteiger partial charge in [0.05, 0.1) is 0 Å². The number of carbonyl (C=O) groups is 1. The smallest absolute Gasteiger partial charge is 0.296 e. The quantitative estimate of drug-likeness (QED) is 0.518. The predicted octanol–water partition coefficient (Wildman–Crippen LogP) is 0.746. The van der Waals surface area contributed by atoms with Crippen LogP contribution in [0.4, 0.5) is 0 Å². The number of nitrogens with one attached hydrogen (secondary N) is 1. The number of rotatable bonds is 3. The van der Waals surface area contributed by atoms with Crippen LogP contribution in [0.2, 0.25) is 0 Å². The zero-order valence-electron chi connectivity index (χ0n) is 6.70. The molecule has 5 nitrogen and oxygen atoms in total. The van der Waals surface area contributed by atoms with Crippen LogP contribution >= 0.6 is 0 Å². The maximum Gasteiger partial charge on any atom is 0.296 e. The molecule has 1 aromatic rings. The molecule has 1 rings (SSSR count). The maximum absolute atomic E-state index is 10.7. The van der Waals surface area contributed by atoms with Crippen molar-refractivity contribution < 1.29 is 14.5 Å².